The van der Waals surface area contributed by atoms with Crippen molar-refractivity contribution in [3.63, 3.8) is 0 Å². The lowest BCUT2D eigenvalue weighted by atomic mass is 9.84. The molecule has 2 unspecified atom stereocenters. The number of rotatable bonds is 9. The fourth-order valence-electron chi connectivity index (χ4n) is 4.53. The SMILES string of the molecule is CCCNC(=O)CNC(=O)N1CC2CC(CN(CCCNc3ccc(C#N)cc3)C2)C1. The maximum Gasteiger partial charge on any atom is 0.317 e. The number of nitriles is 1. The number of fused-ring (bicyclic) bond motifs is 2. The number of amides is 3. The first-order chi connectivity index (χ1) is 15.1. The van der Waals surface area contributed by atoms with E-state index in [0.29, 0.717) is 23.9 Å². The zero-order chi connectivity index (χ0) is 22.1. The van der Waals surface area contributed by atoms with Gasteiger partial charge in [0.05, 0.1) is 18.2 Å². The Bertz CT molecular complexity index is 761. The van der Waals surface area contributed by atoms with Gasteiger partial charge in [-0.3, -0.25) is 4.79 Å². The van der Waals surface area contributed by atoms with E-state index in [2.05, 4.69) is 26.9 Å². The maximum atomic E-state index is 12.5. The molecule has 3 N–H and O–H groups in total. The molecule has 2 bridgehead atoms. The summed E-state index contributed by atoms with van der Waals surface area (Å²) in [6.07, 6.45) is 3.12. The molecule has 1 aromatic carbocycles. The van der Waals surface area contributed by atoms with E-state index in [0.717, 1.165) is 57.8 Å². The quantitative estimate of drug-likeness (QED) is 0.523. The number of nitrogens with one attached hydrogen (secondary N) is 3. The molecule has 8 heteroatoms. The van der Waals surface area contributed by atoms with Gasteiger partial charge in [0.1, 0.15) is 0 Å². The summed E-state index contributed by atoms with van der Waals surface area (Å²) in [5, 5.41) is 17.8. The molecule has 0 spiro atoms. The zero-order valence-electron chi connectivity index (χ0n) is 18.4. The molecule has 0 aliphatic carbocycles. The van der Waals surface area contributed by atoms with Crippen LogP contribution in [0.1, 0.15) is 31.7 Å². The molecule has 3 rings (SSSR count). The van der Waals surface area contributed by atoms with Gasteiger partial charge in [0, 0.05) is 45.0 Å². The van der Waals surface area contributed by atoms with Crippen molar-refractivity contribution < 1.29 is 9.59 Å². The molecule has 31 heavy (non-hydrogen) atoms. The van der Waals surface area contributed by atoms with Crippen molar-refractivity contribution in [2.75, 3.05) is 57.7 Å². The molecule has 2 fully saturated rings. The number of anilines is 1. The lowest BCUT2D eigenvalue weighted by Gasteiger charge is -2.45. The number of benzene rings is 1. The van der Waals surface area contributed by atoms with Gasteiger partial charge in [-0.2, -0.15) is 5.26 Å². The molecule has 0 aromatic heterocycles. The second kappa shape index (κ2) is 11.6. The first-order valence-electron chi connectivity index (χ1n) is 11.3. The Kier molecular flexibility index (Phi) is 8.53. The zero-order valence-corrected chi connectivity index (χ0v) is 18.4. The molecule has 168 valence electrons. The van der Waals surface area contributed by atoms with Gasteiger partial charge in [-0.25, -0.2) is 4.79 Å². The Morgan fingerprint density at radius 3 is 2.42 bits per heavy atom. The topological polar surface area (TPSA) is 100 Å². The summed E-state index contributed by atoms with van der Waals surface area (Å²) in [7, 11) is 0. The number of piperidine rings is 2. The van der Waals surface area contributed by atoms with Gasteiger partial charge in [-0.1, -0.05) is 6.92 Å². The number of nitrogens with zero attached hydrogens (tertiary/aromatic N) is 3. The Balaban J connectivity index is 1.34. The van der Waals surface area contributed by atoms with Gasteiger partial charge >= 0.3 is 6.03 Å². The van der Waals surface area contributed by atoms with Crippen LogP contribution in [0.25, 0.3) is 0 Å². The largest absolute Gasteiger partial charge is 0.385 e. The Labute approximate surface area is 185 Å². The Morgan fingerprint density at radius 1 is 1.06 bits per heavy atom. The van der Waals surface area contributed by atoms with Gasteiger partial charge in [-0.15, -0.1) is 0 Å². The minimum atomic E-state index is -0.131. The highest BCUT2D eigenvalue weighted by molar-refractivity contribution is 5.83. The van der Waals surface area contributed by atoms with E-state index in [1.165, 1.54) is 6.42 Å². The van der Waals surface area contributed by atoms with Gasteiger partial charge in [0.2, 0.25) is 5.91 Å². The van der Waals surface area contributed by atoms with Crippen LogP contribution in [0.4, 0.5) is 10.5 Å². The summed E-state index contributed by atoms with van der Waals surface area (Å²) in [6, 6.07) is 9.55. The van der Waals surface area contributed by atoms with Crippen molar-refractivity contribution in [2.45, 2.75) is 26.2 Å². The molecule has 0 saturated carbocycles. The Hall–Kier alpha value is -2.79. The van der Waals surface area contributed by atoms with Crippen LogP contribution in [-0.2, 0) is 4.79 Å². The predicted octanol–water partition coefficient (Wildman–Crippen LogP) is 1.85. The lowest BCUT2D eigenvalue weighted by molar-refractivity contribution is -0.120. The molecule has 2 heterocycles. The summed E-state index contributed by atoms with van der Waals surface area (Å²) < 4.78 is 0. The fraction of sp³-hybridized carbons (Fsp3) is 0.609. The van der Waals surface area contributed by atoms with Crippen LogP contribution in [0.3, 0.4) is 0 Å². The van der Waals surface area contributed by atoms with Crippen molar-refractivity contribution in [2.24, 2.45) is 11.8 Å². The molecule has 2 saturated heterocycles. The third-order valence-electron chi connectivity index (χ3n) is 5.91. The standard InChI is InChI=1S/C23H34N6O2/c1-2-8-26-22(30)13-27-23(31)29-16-19-11-20(17-29)15-28(14-19)10-3-9-25-21-6-4-18(12-24)5-7-21/h4-7,19-20,25H,2-3,8-11,13-17H2,1H3,(H,26,30)(H,27,31). The summed E-state index contributed by atoms with van der Waals surface area (Å²) in [5.41, 5.74) is 1.72. The number of hydrogen-bond donors (Lipinski definition) is 3. The first kappa shape index (κ1) is 22.9. The van der Waals surface area contributed by atoms with Crippen LogP contribution in [0, 0.1) is 23.2 Å². The third kappa shape index (κ3) is 7.14. The van der Waals surface area contributed by atoms with Gasteiger partial charge in [0.25, 0.3) is 0 Å². The monoisotopic (exact) mass is 426 g/mol. The number of hydrogen-bond acceptors (Lipinski definition) is 5. The van der Waals surface area contributed by atoms with E-state index in [1.807, 2.05) is 36.1 Å². The summed E-state index contributed by atoms with van der Waals surface area (Å²) in [4.78, 5) is 28.6. The number of likely N-dealkylation sites (tertiary alicyclic amines) is 2. The van der Waals surface area contributed by atoms with Crippen molar-refractivity contribution in [3.8, 4) is 6.07 Å². The van der Waals surface area contributed by atoms with Crippen LogP contribution < -0.4 is 16.0 Å². The summed E-state index contributed by atoms with van der Waals surface area (Å²) in [5.74, 6) is 0.866. The summed E-state index contributed by atoms with van der Waals surface area (Å²) >= 11 is 0. The molecule has 0 radical (unpaired) electrons. The molecule has 1 aromatic rings. The van der Waals surface area contributed by atoms with Crippen molar-refractivity contribution in [1.29, 1.82) is 5.26 Å². The van der Waals surface area contributed by atoms with Crippen LogP contribution in [0.2, 0.25) is 0 Å². The average molecular weight is 427 g/mol. The van der Waals surface area contributed by atoms with E-state index >= 15 is 0 Å². The highest BCUT2D eigenvalue weighted by Gasteiger charge is 2.35. The molecule has 2 aliphatic rings. The van der Waals surface area contributed by atoms with Crippen LogP contribution >= 0.6 is 0 Å². The molecular formula is C23H34N6O2. The highest BCUT2D eigenvalue weighted by Crippen LogP contribution is 2.28. The van der Waals surface area contributed by atoms with E-state index < -0.39 is 0 Å². The molecule has 8 nitrogen and oxygen atoms in total. The van der Waals surface area contributed by atoms with E-state index in [4.69, 9.17) is 5.26 Å². The molecular weight excluding hydrogens is 392 g/mol. The van der Waals surface area contributed by atoms with Crippen molar-refractivity contribution >= 4 is 17.6 Å². The average Bonchev–Trinajstić information content (AvgIpc) is 2.78. The Morgan fingerprint density at radius 2 is 1.77 bits per heavy atom. The van der Waals surface area contributed by atoms with Crippen LogP contribution in [0.5, 0.6) is 0 Å². The number of carbonyl (C=O) groups is 2. The maximum absolute atomic E-state index is 12.5. The van der Waals surface area contributed by atoms with E-state index in [-0.39, 0.29) is 18.5 Å². The second-order valence-electron chi connectivity index (χ2n) is 8.61. The van der Waals surface area contributed by atoms with Gasteiger partial charge < -0.3 is 25.8 Å². The number of carbonyl (C=O) groups excluding carboxylic acids is 2. The van der Waals surface area contributed by atoms with E-state index in [1.54, 1.807) is 0 Å². The second-order valence-corrected chi connectivity index (χ2v) is 8.61. The first-order valence-corrected chi connectivity index (χ1v) is 11.3. The van der Waals surface area contributed by atoms with Crippen molar-refractivity contribution in [1.82, 2.24) is 20.4 Å². The third-order valence-corrected chi connectivity index (χ3v) is 5.91. The number of urea groups is 1. The van der Waals surface area contributed by atoms with E-state index in [9.17, 15) is 9.59 Å². The predicted molar refractivity (Wildman–Crippen MR) is 121 cm³/mol. The van der Waals surface area contributed by atoms with Gasteiger partial charge in [-0.05, 0) is 61.9 Å². The lowest BCUT2D eigenvalue weighted by Crippen LogP contribution is -2.56. The fourth-order valence-corrected chi connectivity index (χ4v) is 4.53. The highest BCUT2D eigenvalue weighted by atomic mass is 16.2. The smallest absolute Gasteiger partial charge is 0.317 e. The normalized spacial score (nSPS) is 20.6. The van der Waals surface area contributed by atoms with Crippen molar-refractivity contribution in [3.05, 3.63) is 29.8 Å². The minimum absolute atomic E-state index is 0.0447. The van der Waals surface area contributed by atoms with Gasteiger partial charge in [0.15, 0.2) is 0 Å². The molecule has 2 aliphatic heterocycles. The molecule has 2 atom stereocenters. The minimum Gasteiger partial charge on any atom is -0.385 e. The summed E-state index contributed by atoms with van der Waals surface area (Å²) in [6.45, 7) is 8.19. The molecule has 3 amide bonds. The van der Waals surface area contributed by atoms with Crippen LogP contribution in [0.15, 0.2) is 24.3 Å². The van der Waals surface area contributed by atoms with Crippen LogP contribution in [-0.4, -0.2) is 74.1 Å².